The first-order valence-electron chi connectivity index (χ1n) is 7.30. The number of benzene rings is 1. The van der Waals surface area contributed by atoms with Crippen LogP contribution in [-0.2, 0) is 4.79 Å². The number of hydrogen-bond donors (Lipinski definition) is 1. The molecule has 0 aromatic heterocycles. The maximum absolute atomic E-state index is 12.2. The van der Waals surface area contributed by atoms with Crippen molar-refractivity contribution in [1.29, 1.82) is 0 Å². The quantitative estimate of drug-likeness (QED) is 0.873. The molecule has 1 aromatic carbocycles. The van der Waals surface area contributed by atoms with Gasteiger partial charge in [0.05, 0.1) is 18.5 Å². The molecule has 4 nitrogen and oxygen atoms in total. The van der Waals surface area contributed by atoms with Crippen molar-refractivity contribution in [3.8, 4) is 0 Å². The fourth-order valence-corrected chi connectivity index (χ4v) is 3.09. The number of Topliss-reactive ketones (excluding diaryl/α,β-unsaturated/α-hetero) is 1. The summed E-state index contributed by atoms with van der Waals surface area (Å²) < 4.78 is 0. The van der Waals surface area contributed by atoms with Gasteiger partial charge in [0.1, 0.15) is 5.71 Å². The Morgan fingerprint density at radius 1 is 1.24 bits per heavy atom. The molecule has 1 heterocycles. The molecule has 2 aliphatic rings. The highest BCUT2D eigenvalue weighted by molar-refractivity contribution is 6.43. The molecule has 0 spiro atoms. The number of hydrogen-bond acceptors (Lipinski definition) is 3. The third-order valence-electron chi connectivity index (χ3n) is 4.12. The number of carbonyl (C=O) groups is 2. The Kier molecular flexibility index (Phi) is 4.06. The van der Waals surface area contributed by atoms with E-state index in [0.29, 0.717) is 16.3 Å². The van der Waals surface area contributed by atoms with Crippen molar-refractivity contribution in [2.45, 2.75) is 44.2 Å². The molecule has 1 amide bonds. The monoisotopic (exact) mass is 304 g/mol. The first-order valence-corrected chi connectivity index (χ1v) is 7.67. The van der Waals surface area contributed by atoms with Crippen molar-refractivity contribution in [3.05, 3.63) is 34.9 Å². The molecule has 1 aliphatic heterocycles. The van der Waals surface area contributed by atoms with E-state index < -0.39 is 0 Å². The second kappa shape index (κ2) is 5.98. The van der Waals surface area contributed by atoms with Crippen LogP contribution in [0.3, 0.4) is 0 Å². The molecule has 0 radical (unpaired) electrons. The zero-order chi connectivity index (χ0) is 14.8. The van der Waals surface area contributed by atoms with Gasteiger partial charge < -0.3 is 5.32 Å². The van der Waals surface area contributed by atoms with Crippen LogP contribution in [0.25, 0.3) is 0 Å². The van der Waals surface area contributed by atoms with Crippen molar-refractivity contribution in [2.24, 2.45) is 4.99 Å². The Bertz CT molecular complexity index is 595. The molecule has 5 heteroatoms. The van der Waals surface area contributed by atoms with E-state index in [9.17, 15) is 9.59 Å². The highest BCUT2D eigenvalue weighted by atomic mass is 35.5. The summed E-state index contributed by atoms with van der Waals surface area (Å²) in [4.78, 5) is 28.8. The van der Waals surface area contributed by atoms with Gasteiger partial charge in [-0.15, -0.1) is 0 Å². The Hall–Kier alpha value is -1.68. The molecule has 1 aromatic rings. The van der Waals surface area contributed by atoms with E-state index in [0.717, 1.165) is 25.7 Å². The van der Waals surface area contributed by atoms with Crippen molar-refractivity contribution < 1.29 is 9.59 Å². The van der Waals surface area contributed by atoms with Crippen molar-refractivity contribution in [2.75, 3.05) is 0 Å². The fraction of sp³-hybridized carbons (Fsp3) is 0.438. The average molecular weight is 305 g/mol. The highest BCUT2D eigenvalue weighted by Gasteiger charge is 2.33. The Morgan fingerprint density at radius 3 is 2.71 bits per heavy atom. The van der Waals surface area contributed by atoms with Crippen LogP contribution in [0, 0.1) is 0 Å². The van der Waals surface area contributed by atoms with Gasteiger partial charge in [-0.25, -0.2) is 0 Å². The van der Waals surface area contributed by atoms with E-state index in [1.807, 2.05) is 0 Å². The van der Waals surface area contributed by atoms with Gasteiger partial charge in [0, 0.05) is 10.6 Å². The standard InChI is InChI=1S/C16H17ClN2O2/c17-11-7-5-10(6-8-11)15(20)9-14-16(21)19-13-4-2-1-3-12(13)18-14/h5-8,12-13H,1-4,9H2,(H,19,21)/t12-,13-/m0/s1. The van der Waals surface area contributed by atoms with Crippen LogP contribution in [0.15, 0.2) is 29.3 Å². The van der Waals surface area contributed by atoms with Gasteiger partial charge in [0.2, 0.25) is 0 Å². The molecule has 2 atom stereocenters. The first kappa shape index (κ1) is 14.3. The SMILES string of the molecule is O=C1N[C@H]2CCCC[C@@H]2N=C1CC(=O)c1ccc(Cl)cc1. The molecule has 1 fully saturated rings. The third-order valence-corrected chi connectivity index (χ3v) is 4.38. The number of halogens is 1. The minimum Gasteiger partial charge on any atom is -0.346 e. The molecule has 0 unspecified atom stereocenters. The minimum atomic E-state index is -0.194. The van der Waals surface area contributed by atoms with Crippen molar-refractivity contribution in [1.82, 2.24) is 5.32 Å². The topological polar surface area (TPSA) is 58.5 Å². The average Bonchev–Trinajstić information content (AvgIpc) is 2.48. The number of carbonyl (C=O) groups excluding carboxylic acids is 2. The number of ketones is 1. The van der Waals surface area contributed by atoms with Gasteiger partial charge >= 0.3 is 0 Å². The third kappa shape index (κ3) is 3.16. The van der Waals surface area contributed by atoms with Gasteiger partial charge in [-0.1, -0.05) is 24.4 Å². The van der Waals surface area contributed by atoms with Crippen LogP contribution in [0.4, 0.5) is 0 Å². The highest BCUT2D eigenvalue weighted by Crippen LogP contribution is 2.24. The van der Waals surface area contributed by atoms with Crippen molar-refractivity contribution >= 4 is 29.0 Å². The summed E-state index contributed by atoms with van der Waals surface area (Å²) in [6, 6.07) is 7.00. The van der Waals surface area contributed by atoms with E-state index in [1.165, 1.54) is 0 Å². The number of amides is 1. The van der Waals surface area contributed by atoms with Gasteiger partial charge in [0.15, 0.2) is 5.78 Å². The molecule has 1 N–H and O–H groups in total. The summed E-state index contributed by atoms with van der Waals surface area (Å²) in [6.45, 7) is 0. The molecular formula is C16H17ClN2O2. The lowest BCUT2D eigenvalue weighted by atomic mass is 9.88. The van der Waals surface area contributed by atoms with Gasteiger partial charge in [-0.05, 0) is 37.1 Å². The number of rotatable bonds is 3. The number of aliphatic imine (C=N–C) groups is 1. The predicted octanol–water partition coefficient (Wildman–Crippen LogP) is 2.79. The molecule has 3 rings (SSSR count). The first-order chi connectivity index (χ1) is 10.1. The predicted molar refractivity (Wildman–Crippen MR) is 82.0 cm³/mol. The molecule has 1 saturated carbocycles. The van der Waals surface area contributed by atoms with Gasteiger partial charge in [-0.3, -0.25) is 14.6 Å². The lowest BCUT2D eigenvalue weighted by Gasteiger charge is -2.33. The smallest absolute Gasteiger partial charge is 0.265 e. The lowest BCUT2D eigenvalue weighted by Crippen LogP contribution is -2.51. The number of nitrogens with one attached hydrogen (secondary N) is 1. The zero-order valence-corrected chi connectivity index (χ0v) is 12.4. The molecule has 21 heavy (non-hydrogen) atoms. The molecular weight excluding hydrogens is 288 g/mol. The summed E-state index contributed by atoms with van der Waals surface area (Å²) >= 11 is 5.81. The maximum atomic E-state index is 12.2. The van der Waals surface area contributed by atoms with Crippen LogP contribution < -0.4 is 5.32 Å². The van der Waals surface area contributed by atoms with E-state index in [4.69, 9.17) is 11.6 Å². The lowest BCUT2D eigenvalue weighted by molar-refractivity contribution is -0.116. The minimum absolute atomic E-state index is 0.0523. The molecule has 0 bridgehead atoms. The second-order valence-electron chi connectivity index (χ2n) is 5.61. The van der Waals surface area contributed by atoms with Crippen LogP contribution in [0.5, 0.6) is 0 Å². The summed E-state index contributed by atoms with van der Waals surface area (Å²) in [7, 11) is 0. The number of nitrogens with zero attached hydrogens (tertiary/aromatic N) is 1. The van der Waals surface area contributed by atoms with Crippen LogP contribution >= 0.6 is 11.6 Å². The van der Waals surface area contributed by atoms with Gasteiger partial charge in [0.25, 0.3) is 5.91 Å². The van der Waals surface area contributed by atoms with Crippen LogP contribution in [0.2, 0.25) is 5.02 Å². The molecule has 0 saturated heterocycles. The van der Waals surface area contributed by atoms with Crippen molar-refractivity contribution in [3.63, 3.8) is 0 Å². The number of fused-ring (bicyclic) bond motifs is 1. The van der Waals surface area contributed by atoms with Crippen LogP contribution in [0.1, 0.15) is 42.5 Å². The summed E-state index contributed by atoms with van der Waals surface area (Å²) in [5, 5.41) is 3.58. The van der Waals surface area contributed by atoms with E-state index in [2.05, 4.69) is 10.3 Å². The Balaban J connectivity index is 1.74. The largest absolute Gasteiger partial charge is 0.346 e. The summed E-state index contributed by atoms with van der Waals surface area (Å²) in [6.07, 6.45) is 4.30. The van der Waals surface area contributed by atoms with E-state index >= 15 is 0 Å². The molecule has 110 valence electrons. The second-order valence-corrected chi connectivity index (χ2v) is 6.05. The zero-order valence-electron chi connectivity index (χ0n) is 11.6. The fourth-order valence-electron chi connectivity index (χ4n) is 2.96. The Morgan fingerprint density at radius 2 is 1.95 bits per heavy atom. The summed E-state index contributed by atoms with van der Waals surface area (Å²) in [5.74, 6) is -0.296. The maximum Gasteiger partial charge on any atom is 0.265 e. The van der Waals surface area contributed by atoms with E-state index in [1.54, 1.807) is 24.3 Å². The summed E-state index contributed by atoms with van der Waals surface area (Å²) in [5.41, 5.74) is 0.916. The molecule has 1 aliphatic carbocycles. The van der Waals surface area contributed by atoms with Gasteiger partial charge in [-0.2, -0.15) is 0 Å². The Labute approximate surface area is 128 Å². The van der Waals surface area contributed by atoms with E-state index in [-0.39, 0.29) is 30.2 Å². The normalized spacial score (nSPS) is 24.8. The van der Waals surface area contributed by atoms with Crippen LogP contribution in [-0.4, -0.2) is 29.5 Å².